The van der Waals surface area contributed by atoms with Gasteiger partial charge < -0.3 is 15.7 Å². The average Bonchev–Trinajstić information content (AvgIpc) is 2.35. The Hall–Kier alpha value is -1.71. The molecule has 1 aromatic carbocycles. The largest absolute Gasteiger partial charge is 0.465 e. The maximum atomic E-state index is 11.3. The summed E-state index contributed by atoms with van der Waals surface area (Å²) in [5.74, 6) is 0. The molecular weight excluding hydrogens is 228 g/mol. The van der Waals surface area contributed by atoms with E-state index in [-0.39, 0.29) is 6.04 Å². The fourth-order valence-corrected chi connectivity index (χ4v) is 2.70. The van der Waals surface area contributed by atoms with Crippen molar-refractivity contribution >= 4 is 11.8 Å². The summed E-state index contributed by atoms with van der Waals surface area (Å²) < 4.78 is 0. The van der Waals surface area contributed by atoms with Crippen LogP contribution in [0.3, 0.4) is 0 Å². The monoisotopic (exact) mass is 248 g/mol. The minimum absolute atomic E-state index is 0.110. The Labute approximate surface area is 107 Å². The fourth-order valence-electron chi connectivity index (χ4n) is 2.70. The molecule has 1 atom stereocenters. The number of fused-ring (bicyclic) bond motifs is 1. The van der Waals surface area contributed by atoms with Gasteiger partial charge in [0.15, 0.2) is 0 Å². The number of anilines is 1. The number of nitrogen functional groups attached to an aromatic ring is 1. The number of rotatable bonds is 3. The van der Waals surface area contributed by atoms with E-state index in [2.05, 4.69) is 0 Å². The van der Waals surface area contributed by atoms with Gasteiger partial charge in [-0.15, -0.1) is 0 Å². The number of nitrogens with zero attached hydrogens (tertiary/aromatic N) is 1. The van der Waals surface area contributed by atoms with E-state index in [1.807, 2.05) is 25.1 Å². The molecule has 3 N–H and O–H groups in total. The molecule has 18 heavy (non-hydrogen) atoms. The molecule has 1 aromatic rings. The van der Waals surface area contributed by atoms with Crippen LogP contribution in [-0.2, 0) is 12.8 Å². The Bertz CT molecular complexity index is 445. The molecule has 0 bridgehead atoms. The topological polar surface area (TPSA) is 66.6 Å². The van der Waals surface area contributed by atoms with Crippen molar-refractivity contribution in [3.8, 4) is 0 Å². The number of aryl methyl sites for hydroxylation is 1. The van der Waals surface area contributed by atoms with Gasteiger partial charge in [-0.2, -0.15) is 0 Å². The van der Waals surface area contributed by atoms with Crippen molar-refractivity contribution in [2.24, 2.45) is 0 Å². The van der Waals surface area contributed by atoms with Crippen LogP contribution in [0.1, 0.15) is 30.9 Å². The van der Waals surface area contributed by atoms with Crippen LogP contribution >= 0.6 is 0 Å². The van der Waals surface area contributed by atoms with Crippen molar-refractivity contribution in [3.05, 3.63) is 29.3 Å². The molecule has 4 nitrogen and oxygen atoms in total. The third kappa shape index (κ3) is 2.58. The Balaban J connectivity index is 2.15. The van der Waals surface area contributed by atoms with Crippen LogP contribution in [0.5, 0.6) is 0 Å². The van der Waals surface area contributed by atoms with E-state index in [0.29, 0.717) is 6.54 Å². The molecule has 1 amide bonds. The number of hydrogen-bond donors (Lipinski definition) is 2. The molecule has 0 spiro atoms. The zero-order chi connectivity index (χ0) is 13.1. The van der Waals surface area contributed by atoms with Gasteiger partial charge in [-0.1, -0.05) is 13.0 Å². The van der Waals surface area contributed by atoms with Crippen LogP contribution in [0.25, 0.3) is 0 Å². The van der Waals surface area contributed by atoms with Crippen molar-refractivity contribution in [2.45, 2.75) is 38.6 Å². The molecule has 1 aliphatic rings. The summed E-state index contributed by atoms with van der Waals surface area (Å²) in [4.78, 5) is 12.8. The molecular formula is C14H20N2O2. The number of nitrogens with two attached hydrogens (primary N) is 1. The zero-order valence-corrected chi connectivity index (χ0v) is 10.7. The number of carbonyl (C=O) groups is 1. The molecule has 0 heterocycles. The van der Waals surface area contributed by atoms with Gasteiger partial charge in [-0.05, 0) is 48.9 Å². The lowest BCUT2D eigenvalue weighted by molar-refractivity contribution is 0.119. The highest BCUT2D eigenvalue weighted by Crippen LogP contribution is 2.26. The molecule has 0 aromatic heterocycles. The smallest absolute Gasteiger partial charge is 0.407 e. The summed E-state index contributed by atoms with van der Waals surface area (Å²) in [5, 5.41) is 9.25. The van der Waals surface area contributed by atoms with E-state index in [0.717, 1.165) is 31.4 Å². The summed E-state index contributed by atoms with van der Waals surface area (Å²) in [6.45, 7) is 2.62. The predicted molar refractivity (Wildman–Crippen MR) is 71.7 cm³/mol. The summed E-state index contributed by atoms with van der Waals surface area (Å²) in [6.07, 6.45) is 2.67. The molecule has 0 radical (unpaired) electrons. The first-order chi connectivity index (χ1) is 8.61. The zero-order valence-electron chi connectivity index (χ0n) is 10.7. The minimum atomic E-state index is -0.805. The maximum absolute atomic E-state index is 11.3. The molecule has 0 saturated heterocycles. The lowest BCUT2D eigenvalue weighted by atomic mass is 9.87. The third-order valence-electron chi connectivity index (χ3n) is 3.58. The Morgan fingerprint density at radius 3 is 2.94 bits per heavy atom. The van der Waals surface area contributed by atoms with Gasteiger partial charge in [0.2, 0.25) is 0 Å². The van der Waals surface area contributed by atoms with Crippen molar-refractivity contribution in [1.82, 2.24) is 4.90 Å². The Kier molecular flexibility index (Phi) is 3.75. The molecule has 98 valence electrons. The summed E-state index contributed by atoms with van der Waals surface area (Å²) in [5.41, 5.74) is 9.07. The summed E-state index contributed by atoms with van der Waals surface area (Å²) >= 11 is 0. The van der Waals surface area contributed by atoms with Gasteiger partial charge in [-0.25, -0.2) is 4.79 Å². The first kappa shape index (κ1) is 12.7. The van der Waals surface area contributed by atoms with Gasteiger partial charge in [0.05, 0.1) is 0 Å². The van der Waals surface area contributed by atoms with E-state index in [9.17, 15) is 9.90 Å². The molecule has 2 rings (SSSR count). The van der Waals surface area contributed by atoms with Crippen molar-refractivity contribution in [3.63, 3.8) is 0 Å². The van der Waals surface area contributed by atoms with Crippen molar-refractivity contribution in [2.75, 3.05) is 12.3 Å². The second kappa shape index (κ2) is 5.29. The quantitative estimate of drug-likeness (QED) is 0.808. The van der Waals surface area contributed by atoms with Crippen LogP contribution < -0.4 is 5.73 Å². The molecule has 1 aliphatic carbocycles. The predicted octanol–water partition coefficient (Wildman–Crippen LogP) is 2.52. The molecule has 0 fully saturated rings. The number of amides is 1. The second-order valence-electron chi connectivity index (χ2n) is 4.90. The van der Waals surface area contributed by atoms with E-state index in [4.69, 9.17) is 5.73 Å². The van der Waals surface area contributed by atoms with Gasteiger partial charge in [0.1, 0.15) is 0 Å². The third-order valence-corrected chi connectivity index (χ3v) is 3.58. The summed E-state index contributed by atoms with van der Waals surface area (Å²) in [6, 6.07) is 6.05. The lowest BCUT2D eigenvalue weighted by Gasteiger charge is -2.33. The highest BCUT2D eigenvalue weighted by atomic mass is 16.4. The van der Waals surface area contributed by atoms with E-state index < -0.39 is 6.09 Å². The number of hydrogen-bond acceptors (Lipinski definition) is 2. The van der Waals surface area contributed by atoms with Gasteiger partial charge in [0.25, 0.3) is 0 Å². The highest BCUT2D eigenvalue weighted by Gasteiger charge is 2.26. The summed E-state index contributed by atoms with van der Waals surface area (Å²) in [7, 11) is 0. The Morgan fingerprint density at radius 1 is 1.50 bits per heavy atom. The second-order valence-corrected chi connectivity index (χ2v) is 4.90. The van der Waals surface area contributed by atoms with Crippen LogP contribution in [-0.4, -0.2) is 28.7 Å². The van der Waals surface area contributed by atoms with E-state index in [1.165, 1.54) is 11.1 Å². The van der Waals surface area contributed by atoms with E-state index >= 15 is 0 Å². The van der Waals surface area contributed by atoms with Gasteiger partial charge >= 0.3 is 6.09 Å². The highest BCUT2D eigenvalue weighted by molar-refractivity contribution is 5.65. The first-order valence-corrected chi connectivity index (χ1v) is 6.48. The molecule has 0 saturated carbocycles. The lowest BCUT2D eigenvalue weighted by Crippen LogP contribution is -2.43. The minimum Gasteiger partial charge on any atom is -0.465 e. The number of carboxylic acid groups (broad SMARTS) is 1. The number of benzene rings is 1. The van der Waals surface area contributed by atoms with Crippen molar-refractivity contribution < 1.29 is 9.90 Å². The first-order valence-electron chi connectivity index (χ1n) is 6.48. The standard InChI is InChI=1S/C14H20N2O2/c1-2-7-16(14(17)18)13-6-4-10-8-12(15)5-3-11(10)9-13/h3,5,8,13H,2,4,6-7,9,15H2,1H3,(H,17,18)/t13-/m0/s1. The van der Waals surface area contributed by atoms with Crippen LogP contribution in [0.4, 0.5) is 10.5 Å². The Morgan fingerprint density at radius 2 is 2.28 bits per heavy atom. The van der Waals surface area contributed by atoms with E-state index in [1.54, 1.807) is 4.90 Å². The molecule has 0 aliphatic heterocycles. The molecule has 4 heteroatoms. The maximum Gasteiger partial charge on any atom is 0.407 e. The van der Waals surface area contributed by atoms with Crippen LogP contribution in [0.2, 0.25) is 0 Å². The van der Waals surface area contributed by atoms with Crippen LogP contribution in [0.15, 0.2) is 18.2 Å². The van der Waals surface area contributed by atoms with Crippen molar-refractivity contribution in [1.29, 1.82) is 0 Å². The van der Waals surface area contributed by atoms with Gasteiger partial charge in [-0.3, -0.25) is 0 Å². The fraction of sp³-hybridized carbons (Fsp3) is 0.500. The SMILES string of the molecule is CCCN(C(=O)O)[C@H]1CCc2cc(N)ccc2C1. The normalized spacial score (nSPS) is 18.2. The van der Waals surface area contributed by atoms with Gasteiger partial charge in [0, 0.05) is 18.3 Å². The molecule has 0 unspecified atom stereocenters. The van der Waals surface area contributed by atoms with Crippen LogP contribution in [0, 0.1) is 0 Å². The average molecular weight is 248 g/mol.